The van der Waals surface area contributed by atoms with Crippen molar-refractivity contribution in [3.05, 3.63) is 63.0 Å². The van der Waals surface area contributed by atoms with Crippen LogP contribution in [0.1, 0.15) is 29.4 Å². The van der Waals surface area contributed by atoms with Gasteiger partial charge < -0.3 is 10.4 Å². The van der Waals surface area contributed by atoms with Crippen molar-refractivity contribution in [1.82, 2.24) is 15.1 Å². The van der Waals surface area contributed by atoms with E-state index in [4.69, 9.17) is 11.6 Å². The molecular formula is C16H16ClN3O4. The first-order valence-electron chi connectivity index (χ1n) is 7.16. The molecule has 1 amide bonds. The quantitative estimate of drug-likeness (QED) is 0.852. The lowest BCUT2D eigenvalue weighted by Gasteiger charge is -2.29. The lowest BCUT2D eigenvalue weighted by molar-refractivity contribution is -0.145. The van der Waals surface area contributed by atoms with Gasteiger partial charge in [-0.3, -0.25) is 9.59 Å². The molecule has 0 spiro atoms. The van der Waals surface area contributed by atoms with E-state index in [2.05, 4.69) is 10.4 Å². The number of carbonyl (C=O) groups is 2. The van der Waals surface area contributed by atoms with E-state index in [1.165, 1.54) is 19.2 Å². The van der Waals surface area contributed by atoms with Crippen LogP contribution < -0.4 is 10.9 Å². The van der Waals surface area contributed by atoms with Crippen molar-refractivity contribution < 1.29 is 14.7 Å². The Balaban J connectivity index is 2.43. The number of amides is 1. The Hall–Kier alpha value is -2.67. The second-order valence-corrected chi connectivity index (χ2v) is 5.64. The van der Waals surface area contributed by atoms with E-state index in [0.29, 0.717) is 10.6 Å². The SMILES string of the molecule is CCC(NC(=O)c1ccc(=O)n(C)n1)(C(=O)O)c1ccc(Cl)cc1. The number of halogens is 1. The molecule has 0 bridgehead atoms. The Labute approximate surface area is 142 Å². The van der Waals surface area contributed by atoms with E-state index >= 15 is 0 Å². The number of hydrogen-bond acceptors (Lipinski definition) is 4. The smallest absolute Gasteiger partial charge is 0.334 e. The Morgan fingerprint density at radius 1 is 1.25 bits per heavy atom. The summed E-state index contributed by atoms with van der Waals surface area (Å²) in [4.78, 5) is 35.7. The monoisotopic (exact) mass is 349 g/mol. The van der Waals surface area contributed by atoms with Gasteiger partial charge in [0.1, 0.15) is 5.69 Å². The third-order valence-electron chi connectivity index (χ3n) is 3.75. The summed E-state index contributed by atoms with van der Waals surface area (Å²) in [5.41, 5.74) is -1.66. The summed E-state index contributed by atoms with van der Waals surface area (Å²) < 4.78 is 1.01. The summed E-state index contributed by atoms with van der Waals surface area (Å²) >= 11 is 5.84. The molecule has 2 rings (SSSR count). The Morgan fingerprint density at radius 2 is 1.88 bits per heavy atom. The van der Waals surface area contributed by atoms with Gasteiger partial charge in [0.15, 0.2) is 5.54 Å². The summed E-state index contributed by atoms with van der Waals surface area (Å²) in [6.45, 7) is 1.65. The van der Waals surface area contributed by atoms with Gasteiger partial charge in [0.05, 0.1) is 0 Å². The molecule has 2 aromatic rings. The van der Waals surface area contributed by atoms with Gasteiger partial charge in [-0.15, -0.1) is 0 Å². The average molecular weight is 350 g/mol. The highest BCUT2D eigenvalue weighted by molar-refractivity contribution is 6.30. The maximum atomic E-state index is 12.4. The van der Waals surface area contributed by atoms with Crippen molar-refractivity contribution in [2.24, 2.45) is 7.05 Å². The minimum atomic E-state index is -1.63. The third kappa shape index (κ3) is 3.30. The van der Waals surface area contributed by atoms with E-state index in [9.17, 15) is 19.5 Å². The van der Waals surface area contributed by atoms with Crippen molar-refractivity contribution in [1.29, 1.82) is 0 Å². The molecule has 1 aromatic carbocycles. The average Bonchev–Trinajstić information content (AvgIpc) is 2.55. The normalized spacial score (nSPS) is 13.1. The van der Waals surface area contributed by atoms with Crippen LogP contribution in [0.4, 0.5) is 0 Å². The Morgan fingerprint density at radius 3 is 2.38 bits per heavy atom. The fraction of sp³-hybridized carbons (Fsp3) is 0.250. The second-order valence-electron chi connectivity index (χ2n) is 5.21. The fourth-order valence-corrected chi connectivity index (χ4v) is 2.43. The molecular weight excluding hydrogens is 334 g/mol. The second kappa shape index (κ2) is 6.84. The van der Waals surface area contributed by atoms with Crippen LogP contribution >= 0.6 is 11.6 Å². The van der Waals surface area contributed by atoms with Crippen LogP contribution in [0, 0.1) is 0 Å². The highest BCUT2D eigenvalue weighted by Crippen LogP contribution is 2.27. The number of benzene rings is 1. The van der Waals surface area contributed by atoms with Gasteiger partial charge in [0, 0.05) is 18.1 Å². The molecule has 0 fully saturated rings. The number of nitrogens with one attached hydrogen (secondary N) is 1. The molecule has 0 saturated carbocycles. The number of aliphatic carboxylic acids is 1. The van der Waals surface area contributed by atoms with Crippen molar-refractivity contribution in [2.45, 2.75) is 18.9 Å². The number of nitrogens with zero attached hydrogens (tertiary/aromatic N) is 2. The van der Waals surface area contributed by atoms with Gasteiger partial charge >= 0.3 is 5.97 Å². The van der Waals surface area contributed by atoms with Gasteiger partial charge in [-0.25, -0.2) is 9.48 Å². The van der Waals surface area contributed by atoms with Crippen LogP contribution in [0.3, 0.4) is 0 Å². The van der Waals surface area contributed by atoms with Crippen molar-refractivity contribution in [3.8, 4) is 0 Å². The molecule has 2 N–H and O–H groups in total. The van der Waals surface area contributed by atoms with Gasteiger partial charge in [0.2, 0.25) is 0 Å². The lowest BCUT2D eigenvalue weighted by Crippen LogP contribution is -2.51. The summed E-state index contributed by atoms with van der Waals surface area (Å²) in [6.07, 6.45) is 0.113. The number of aromatic nitrogens is 2. The summed E-state index contributed by atoms with van der Waals surface area (Å²) in [7, 11) is 1.41. The molecule has 7 nitrogen and oxygen atoms in total. The maximum Gasteiger partial charge on any atom is 0.334 e. The predicted octanol–water partition coefficient (Wildman–Crippen LogP) is 1.55. The molecule has 0 radical (unpaired) electrons. The van der Waals surface area contributed by atoms with Crippen molar-refractivity contribution in [3.63, 3.8) is 0 Å². The molecule has 126 valence electrons. The third-order valence-corrected chi connectivity index (χ3v) is 4.00. The zero-order chi connectivity index (χ0) is 17.9. The Kier molecular flexibility index (Phi) is 5.04. The molecule has 0 aliphatic rings. The van der Waals surface area contributed by atoms with Crippen molar-refractivity contribution >= 4 is 23.5 Å². The topological polar surface area (TPSA) is 101 Å². The molecule has 1 unspecified atom stereocenters. The van der Waals surface area contributed by atoms with Crippen LogP contribution in [-0.4, -0.2) is 26.8 Å². The predicted molar refractivity (Wildman–Crippen MR) is 88.0 cm³/mol. The molecule has 24 heavy (non-hydrogen) atoms. The van der Waals surface area contributed by atoms with E-state index < -0.39 is 17.4 Å². The molecule has 8 heteroatoms. The Bertz CT molecular complexity index is 832. The molecule has 1 aromatic heterocycles. The largest absolute Gasteiger partial charge is 0.479 e. The summed E-state index contributed by atoms with van der Waals surface area (Å²) in [5, 5.41) is 16.5. The standard InChI is InChI=1S/C16H16ClN3O4/c1-3-16(15(23)24,10-4-6-11(17)7-5-10)18-14(22)12-8-9-13(21)20(2)19-12/h4-9H,3H2,1-2H3,(H,18,22)(H,23,24). The van der Waals surface area contributed by atoms with E-state index in [1.54, 1.807) is 31.2 Å². The van der Waals surface area contributed by atoms with Gasteiger partial charge in [-0.1, -0.05) is 30.7 Å². The highest BCUT2D eigenvalue weighted by atomic mass is 35.5. The van der Waals surface area contributed by atoms with Crippen LogP contribution in [0.5, 0.6) is 0 Å². The first kappa shape index (κ1) is 17.7. The zero-order valence-corrected chi connectivity index (χ0v) is 13.9. The van der Waals surface area contributed by atoms with E-state index in [-0.39, 0.29) is 17.7 Å². The fourth-order valence-electron chi connectivity index (χ4n) is 2.31. The number of hydrogen-bond donors (Lipinski definition) is 2. The molecule has 1 heterocycles. The molecule has 0 aliphatic heterocycles. The number of rotatable bonds is 5. The summed E-state index contributed by atoms with van der Waals surface area (Å²) in [6, 6.07) is 8.66. The van der Waals surface area contributed by atoms with Gasteiger partial charge in [0.25, 0.3) is 11.5 Å². The minimum absolute atomic E-state index is 0.0508. The van der Waals surface area contributed by atoms with Crippen LogP contribution in [-0.2, 0) is 17.4 Å². The number of aryl methyl sites for hydroxylation is 1. The van der Waals surface area contributed by atoms with Gasteiger partial charge in [-0.05, 0) is 30.2 Å². The minimum Gasteiger partial charge on any atom is -0.479 e. The van der Waals surface area contributed by atoms with Gasteiger partial charge in [-0.2, -0.15) is 5.10 Å². The van der Waals surface area contributed by atoms with E-state index in [1.807, 2.05) is 0 Å². The highest BCUT2D eigenvalue weighted by Gasteiger charge is 2.40. The summed E-state index contributed by atoms with van der Waals surface area (Å²) in [5.74, 6) is -1.89. The molecule has 0 saturated heterocycles. The van der Waals surface area contributed by atoms with Crippen LogP contribution in [0.2, 0.25) is 5.02 Å². The van der Waals surface area contributed by atoms with Crippen LogP contribution in [0.25, 0.3) is 0 Å². The first-order chi connectivity index (χ1) is 11.3. The zero-order valence-electron chi connectivity index (χ0n) is 13.1. The first-order valence-corrected chi connectivity index (χ1v) is 7.54. The number of carbonyl (C=O) groups excluding carboxylic acids is 1. The number of carboxylic acids is 1. The maximum absolute atomic E-state index is 12.4. The lowest BCUT2D eigenvalue weighted by atomic mass is 9.87. The number of carboxylic acid groups (broad SMARTS) is 1. The van der Waals surface area contributed by atoms with E-state index in [0.717, 1.165) is 4.68 Å². The molecule has 1 atom stereocenters. The van der Waals surface area contributed by atoms with Crippen molar-refractivity contribution in [2.75, 3.05) is 0 Å². The molecule has 0 aliphatic carbocycles. The van der Waals surface area contributed by atoms with Crippen LogP contribution in [0.15, 0.2) is 41.2 Å².